The van der Waals surface area contributed by atoms with Gasteiger partial charge < -0.3 is 14.2 Å². The average Bonchev–Trinajstić information content (AvgIpc) is 3.36. The predicted molar refractivity (Wildman–Crippen MR) is 99.5 cm³/mol. The van der Waals surface area contributed by atoms with E-state index in [-0.39, 0.29) is 11.8 Å². The molecule has 1 aliphatic heterocycles. The van der Waals surface area contributed by atoms with Crippen LogP contribution in [0.25, 0.3) is 11.3 Å². The second-order valence-corrected chi connectivity index (χ2v) is 6.70. The maximum absolute atomic E-state index is 12.6. The Kier molecular flexibility index (Phi) is 4.88. The molecule has 1 N–H and O–H groups in total. The number of nitrogens with one attached hydrogen (secondary N) is 1. The van der Waals surface area contributed by atoms with Crippen molar-refractivity contribution in [3.8, 4) is 11.3 Å². The average molecular weight is 350 g/mol. The van der Waals surface area contributed by atoms with Crippen LogP contribution < -0.4 is 5.32 Å². The van der Waals surface area contributed by atoms with E-state index in [1.807, 2.05) is 48.5 Å². The van der Waals surface area contributed by atoms with E-state index in [0.717, 1.165) is 55.2 Å². The highest BCUT2D eigenvalue weighted by molar-refractivity contribution is 5.93. The summed E-state index contributed by atoms with van der Waals surface area (Å²) in [6, 6.07) is 15.4. The van der Waals surface area contributed by atoms with Gasteiger partial charge in [0.15, 0.2) is 0 Å². The minimum Gasteiger partial charge on any atom is -0.468 e. The zero-order valence-corrected chi connectivity index (χ0v) is 14.6. The molecule has 0 bridgehead atoms. The number of rotatable bonds is 5. The molecule has 1 fully saturated rings. The van der Waals surface area contributed by atoms with E-state index in [1.54, 1.807) is 12.5 Å². The first-order valence-corrected chi connectivity index (χ1v) is 8.97. The largest absolute Gasteiger partial charge is 0.468 e. The third kappa shape index (κ3) is 3.89. The van der Waals surface area contributed by atoms with Gasteiger partial charge in [0.25, 0.3) is 0 Å². The number of anilines is 1. The van der Waals surface area contributed by atoms with Crippen LogP contribution >= 0.6 is 0 Å². The molecule has 26 heavy (non-hydrogen) atoms. The van der Waals surface area contributed by atoms with E-state index >= 15 is 0 Å². The lowest BCUT2D eigenvalue weighted by atomic mass is 9.97. The molecule has 0 saturated carbocycles. The summed E-state index contributed by atoms with van der Waals surface area (Å²) < 4.78 is 10.8. The third-order valence-corrected chi connectivity index (χ3v) is 4.79. The summed E-state index contributed by atoms with van der Waals surface area (Å²) >= 11 is 0. The summed E-state index contributed by atoms with van der Waals surface area (Å²) in [5.74, 6) is 1.85. The Morgan fingerprint density at radius 1 is 1.08 bits per heavy atom. The number of nitrogens with zero attached hydrogens (tertiary/aromatic N) is 1. The van der Waals surface area contributed by atoms with Crippen molar-refractivity contribution in [2.24, 2.45) is 5.92 Å². The Bertz CT molecular complexity index is 823. The van der Waals surface area contributed by atoms with Gasteiger partial charge in [-0.3, -0.25) is 9.69 Å². The van der Waals surface area contributed by atoms with Crippen LogP contribution in [0.15, 0.2) is 69.9 Å². The van der Waals surface area contributed by atoms with E-state index in [4.69, 9.17) is 8.83 Å². The molecule has 3 heterocycles. The summed E-state index contributed by atoms with van der Waals surface area (Å²) in [6.45, 7) is 2.52. The van der Waals surface area contributed by atoms with Gasteiger partial charge in [-0.15, -0.1) is 0 Å². The topological polar surface area (TPSA) is 58.6 Å². The molecule has 1 saturated heterocycles. The van der Waals surface area contributed by atoms with Gasteiger partial charge in [0, 0.05) is 17.8 Å². The fourth-order valence-corrected chi connectivity index (χ4v) is 3.44. The molecule has 5 heteroatoms. The first-order valence-electron chi connectivity index (χ1n) is 8.97. The molecular weight excluding hydrogens is 328 g/mol. The number of furan rings is 2. The van der Waals surface area contributed by atoms with Crippen molar-refractivity contribution in [3.63, 3.8) is 0 Å². The van der Waals surface area contributed by atoms with E-state index in [2.05, 4.69) is 10.2 Å². The number of carbonyl (C=O) groups excluding carboxylic acids is 1. The Morgan fingerprint density at radius 3 is 2.62 bits per heavy atom. The number of benzene rings is 1. The van der Waals surface area contributed by atoms with Crippen LogP contribution in [0.4, 0.5) is 5.69 Å². The molecule has 2 aromatic heterocycles. The molecule has 134 valence electrons. The van der Waals surface area contributed by atoms with Crippen molar-refractivity contribution in [1.29, 1.82) is 0 Å². The van der Waals surface area contributed by atoms with Crippen molar-refractivity contribution < 1.29 is 13.6 Å². The van der Waals surface area contributed by atoms with Gasteiger partial charge in [0.1, 0.15) is 11.5 Å². The molecule has 3 aromatic rings. The Labute approximate surface area is 152 Å². The van der Waals surface area contributed by atoms with Crippen LogP contribution in [-0.4, -0.2) is 23.9 Å². The molecule has 4 rings (SSSR count). The van der Waals surface area contributed by atoms with E-state index in [0.29, 0.717) is 0 Å². The number of amides is 1. The Balaban J connectivity index is 1.35. The van der Waals surface area contributed by atoms with E-state index < -0.39 is 0 Å². The molecule has 1 amide bonds. The molecular formula is C21H22N2O3. The normalized spacial score (nSPS) is 17.9. The molecule has 0 radical (unpaired) electrons. The van der Waals surface area contributed by atoms with Gasteiger partial charge in [0.2, 0.25) is 5.91 Å². The first kappa shape index (κ1) is 16.7. The standard InChI is InChI=1S/C21H22N2O3/c24-21(17-4-1-11-23(14-17)15-19-5-2-12-25-19)22-18-9-7-16(8-10-18)20-6-3-13-26-20/h2-3,5-10,12-13,17H,1,4,11,14-15H2,(H,22,24). The minimum absolute atomic E-state index is 0.00321. The maximum atomic E-state index is 12.6. The second kappa shape index (κ2) is 7.62. The monoisotopic (exact) mass is 350 g/mol. The molecule has 1 unspecified atom stereocenters. The summed E-state index contributed by atoms with van der Waals surface area (Å²) in [5, 5.41) is 3.04. The second-order valence-electron chi connectivity index (χ2n) is 6.70. The zero-order valence-electron chi connectivity index (χ0n) is 14.6. The number of carbonyl (C=O) groups is 1. The number of hydrogen-bond donors (Lipinski definition) is 1. The van der Waals surface area contributed by atoms with E-state index in [9.17, 15) is 4.79 Å². The van der Waals surface area contributed by atoms with Crippen molar-refractivity contribution in [2.45, 2.75) is 19.4 Å². The molecule has 1 aliphatic rings. The lowest BCUT2D eigenvalue weighted by molar-refractivity contribution is -0.121. The van der Waals surface area contributed by atoms with Gasteiger partial charge in [-0.1, -0.05) is 0 Å². The van der Waals surface area contributed by atoms with Crippen LogP contribution in [0.5, 0.6) is 0 Å². The first-order chi connectivity index (χ1) is 12.8. The van der Waals surface area contributed by atoms with Crippen molar-refractivity contribution in [3.05, 3.63) is 66.8 Å². The quantitative estimate of drug-likeness (QED) is 0.741. The summed E-state index contributed by atoms with van der Waals surface area (Å²) in [4.78, 5) is 14.9. The third-order valence-electron chi connectivity index (χ3n) is 4.79. The Hall–Kier alpha value is -2.79. The van der Waals surface area contributed by atoms with Crippen molar-refractivity contribution >= 4 is 11.6 Å². The molecule has 1 atom stereocenters. The highest BCUT2D eigenvalue weighted by atomic mass is 16.3. The summed E-state index contributed by atoms with van der Waals surface area (Å²) in [5.41, 5.74) is 1.81. The Morgan fingerprint density at radius 2 is 1.88 bits per heavy atom. The highest BCUT2D eigenvalue weighted by Gasteiger charge is 2.26. The van der Waals surface area contributed by atoms with Crippen molar-refractivity contribution in [1.82, 2.24) is 4.90 Å². The van der Waals surface area contributed by atoms with Gasteiger partial charge >= 0.3 is 0 Å². The van der Waals surface area contributed by atoms with Gasteiger partial charge in [-0.25, -0.2) is 0 Å². The number of hydrogen-bond acceptors (Lipinski definition) is 4. The molecule has 1 aromatic carbocycles. The predicted octanol–water partition coefficient (Wildman–Crippen LogP) is 4.39. The number of piperidine rings is 1. The smallest absolute Gasteiger partial charge is 0.228 e. The fraction of sp³-hybridized carbons (Fsp3) is 0.286. The van der Waals surface area contributed by atoms with Crippen LogP contribution in [0.1, 0.15) is 18.6 Å². The van der Waals surface area contributed by atoms with Crippen LogP contribution in [-0.2, 0) is 11.3 Å². The van der Waals surface area contributed by atoms with Crippen LogP contribution in [0.2, 0.25) is 0 Å². The van der Waals surface area contributed by atoms with Crippen LogP contribution in [0, 0.1) is 5.92 Å². The summed E-state index contributed by atoms with van der Waals surface area (Å²) in [7, 11) is 0. The fourth-order valence-electron chi connectivity index (χ4n) is 3.44. The maximum Gasteiger partial charge on any atom is 0.228 e. The lowest BCUT2D eigenvalue weighted by Gasteiger charge is -2.31. The molecule has 5 nitrogen and oxygen atoms in total. The van der Waals surface area contributed by atoms with Crippen LogP contribution in [0.3, 0.4) is 0 Å². The molecule has 0 aliphatic carbocycles. The lowest BCUT2D eigenvalue weighted by Crippen LogP contribution is -2.40. The van der Waals surface area contributed by atoms with Gasteiger partial charge in [-0.05, 0) is 67.9 Å². The summed E-state index contributed by atoms with van der Waals surface area (Å²) in [6.07, 6.45) is 5.29. The van der Waals surface area contributed by atoms with Gasteiger partial charge in [0.05, 0.1) is 25.0 Å². The van der Waals surface area contributed by atoms with E-state index in [1.165, 1.54) is 0 Å². The molecule has 0 spiro atoms. The zero-order chi connectivity index (χ0) is 17.8. The SMILES string of the molecule is O=C(Nc1ccc(-c2ccco2)cc1)C1CCCN(Cc2ccco2)C1. The minimum atomic E-state index is 0.00321. The van der Waals surface area contributed by atoms with Gasteiger partial charge in [-0.2, -0.15) is 0 Å². The van der Waals surface area contributed by atoms with Crippen molar-refractivity contribution in [2.75, 3.05) is 18.4 Å². The highest BCUT2D eigenvalue weighted by Crippen LogP contribution is 2.23. The number of likely N-dealkylation sites (tertiary alicyclic amines) is 1.